The van der Waals surface area contributed by atoms with Gasteiger partial charge in [-0.15, -0.1) is 0 Å². The highest BCUT2D eigenvalue weighted by atomic mass is 16.5. The molecule has 0 aliphatic heterocycles. The van der Waals surface area contributed by atoms with Crippen molar-refractivity contribution in [2.45, 2.75) is 19.4 Å². The standard InChI is InChI=1S/C13H19N3O3/c1-3-19-13(18)11(14)12(17)16(2)9-7-10-6-4-5-8-15-10/h4-6,8,11H,3,7,9,14H2,1-2H3. The first-order valence-electron chi connectivity index (χ1n) is 6.13. The fourth-order valence-corrected chi connectivity index (χ4v) is 1.51. The van der Waals surface area contributed by atoms with Crippen LogP contribution in [0.2, 0.25) is 0 Å². The molecule has 1 atom stereocenters. The maximum Gasteiger partial charge on any atom is 0.332 e. The summed E-state index contributed by atoms with van der Waals surface area (Å²) in [4.78, 5) is 28.8. The van der Waals surface area contributed by atoms with E-state index in [1.807, 2.05) is 18.2 Å². The van der Waals surface area contributed by atoms with Gasteiger partial charge in [0.15, 0.2) is 6.04 Å². The predicted molar refractivity (Wildman–Crippen MR) is 70.2 cm³/mol. The molecule has 19 heavy (non-hydrogen) atoms. The Morgan fingerprint density at radius 2 is 2.21 bits per heavy atom. The first-order valence-corrected chi connectivity index (χ1v) is 6.13. The van der Waals surface area contributed by atoms with Crippen molar-refractivity contribution in [2.75, 3.05) is 20.2 Å². The van der Waals surface area contributed by atoms with Crippen molar-refractivity contribution in [3.63, 3.8) is 0 Å². The van der Waals surface area contributed by atoms with Crippen LogP contribution in [0.1, 0.15) is 12.6 Å². The lowest BCUT2D eigenvalue weighted by Crippen LogP contribution is -2.48. The third-order valence-electron chi connectivity index (χ3n) is 2.61. The molecule has 1 amide bonds. The number of hydrogen-bond acceptors (Lipinski definition) is 5. The summed E-state index contributed by atoms with van der Waals surface area (Å²) >= 11 is 0. The van der Waals surface area contributed by atoms with E-state index in [9.17, 15) is 9.59 Å². The van der Waals surface area contributed by atoms with Gasteiger partial charge in [0, 0.05) is 31.9 Å². The number of nitrogens with zero attached hydrogens (tertiary/aromatic N) is 2. The van der Waals surface area contributed by atoms with Crippen molar-refractivity contribution in [1.29, 1.82) is 0 Å². The van der Waals surface area contributed by atoms with E-state index in [2.05, 4.69) is 4.98 Å². The summed E-state index contributed by atoms with van der Waals surface area (Å²) in [6.45, 7) is 2.32. The summed E-state index contributed by atoms with van der Waals surface area (Å²) < 4.78 is 4.71. The average Bonchev–Trinajstić information content (AvgIpc) is 2.44. The number of amides is 1. The van der Waals surface area contributed by atoms with E-state index in [1.165, 1.54) is 4.90 Å². The number of ether oxygens (including phenoxy) is 1. The van der Waals surface area contributed by atoms with Gasteiger partial charge in [0.05, 0.1) is 6.61 Å². The zero-order chi connectivity index (χ0) is 14.3. The number of carbonyl (C=O) groups excluding carboxylic acids is 2. The number of hydrogen-bond donors (Lipinski definition) is 1. The molecule has 1 rings (SSSR count). The largest absolute Gasteiger partial charge is 0.464 e. The molecule has 0 spiro atoms. The minimum absolute atomic E-state index is 0.206. The van der Waals surface area contributed by atoms with E-state index in [0.717, 1.165) is 5.69 Å². The molecule has 2 N–H and O–H groups in total. The van der Waals surface area contributed by atoms with Crippen LogP contribution in [0, 0.1) is 0 Å². The number of rotatable bonds is 6. The van der Waals surface area contributed by atoms with Gasteiger partial charge in [-0.1, -0.05) is 6.07 Å². The molecule has 1 heterocycles. The predicted octanol–water partition coefficient (Wildman–Crippen LogP) is -0.0271. The maximum absolute atomic E-state index is 11.9. The van der Waals surface area contributed by atoms with Gasteiger partial charge in [-0.05, 0) is 19.1 Å². The molecule has 0 bridgehead atoms. The SMILES string of the molecule is CCOC(=O)C(N)C(=O)N(C)CCc1ccccn1. The van der Waals surface area contributed by atoms with Crippen LogP contribution >= 0.6 is 0 Å². The maximum atomic E-state index is 11.9. The minimum Gasteiger partial charge on any atom is -0.464 e. The van der Waals surface area contributed by atoms with E-state index in [4.69, 9.17) is 10.5 Å². The van der Waals surface area contributed by atoms with Crippen LogP contribution in [0.5, 0.6) is 0 Å². The zero-order valence-electron chi connectivity index (χ0n) is 11.2. The van der Waals surface area contributed by atoms with Crippen molar-refractivity contribution < 1.29 is 14.3 Å². The van der Waals surface area contributed by atoms with E-state index in [0.29, 0.717) is 13.0 Å². The van der Waals surface area contributed by atoms with Crippen LogP contribution < -0.4 is 5.73 Å². The van der Waals surface area contributed by atoms with E-state index < -0.39 is 17.9 Å². The third kappa shape index (κ3) is 4.67. The molecule has 0 saturated carbocycles. The second-order valence-electron chi connectivity index (χ2n) is 4.06. The monoisotopic (exact) mass is 265 g/mol. The Hall–Kier alpha value is -1.95. The highest BCUT2D eigenvalue weighted by Gasteiger charge is 2.26. The lowest BCUT2D eigenvalue weighted by Gasteiger charge is -2.20. The Labute approximate surface area is 112 Å². The third-order valence-corrected chi connectivity index (χ3v) is 2.61. The molecule has 1 unspecified atom stereocenters. The van der Waals surface area contributed by atoms with Gasteiger partial charge in [-0.3, -0.25) is 9.78 Å². The summed E-state index contributed by atoms with van der Waals surface area (Å²) in [5.74, 6) is -1.15. The molecule has 0 fully saturated rings. The molecule has 104 valence electrons. The summed E-state index contributed by atoms with van der Waals surface area (Å²) in [6, 6.07) is 4.33. The topological polar surface area (TPSA) is 85.5 Å². The molecule has 0 radical (unpaired) electrons. The Morgan fingerprint density at radius 3 is 2.79 bits per heavy atom. The number of esters is 1. The van der Waals surface area contributed by atoms with Crippen molar-refractivity contribution in [3.05, 3.63) is 30.1 Å². The second-order valence-corrected chi connectivity index (χ2v) is 4.06. The van der Waals surface area contributed by atoms with Gasteiger partial charge in [0.2, 0.25) is 0 Å². The first kappa shape index (κ1) is 15.1. The van der Waals surface area contributed by atoms with E-state index in [1.54, 1.807) is 20.2 Å². The Bertz CT molecular complexity index is 422. The normalized spacial score (nSPS) is 11.7. The van der Waals surface area contributed by atoms with Crippen molar-refractivity contribution in [1.82, 2.24) is 9.88 Å². The summed E-state index contributed by atoms with van der Waals surface area (Å²) in [6.07, 6.45) is 2.31. The molecule has 0 aliphatic carbocycles. The van der Waals surface area contributed by atoms with Gasteiger partial charge in [0.25, 0.3) is 5.91 Å². The van der Waals surface area contributed by atoms with E-state index in [-0.39, 0.29) is 6.61 Å². The highest BCUT2D eigenvalue weighted by Crippen LogP contribution is 1.99. The number of nitrogens with two attached hydrogens (primary N) is 1. The summed E-state index contributed by atoms with van der Waals surface area (Å²) in [5.41, 5.74) is 6.42. The first-order chi connectivity index (χ1) is 9.06. The van der Waals surface area contributed by atoms with Gasteiger partial charge in [0.1, 0.15) is 0 Å². The van der Waals surface area contributed by atoms with Crippen LogP contribution in [-0.2, 0) is 20.7 Å². The molecule has 6 heteroatoms. The van der Waals surface area contributed by atoms with Crippen molar-refractivity contribution in [3.8, 4) is 0 Å². The lowest BCUT2D eigenvalue weighted by molar-refractivity contribution is -0.150. The number of aromatic nitrogens is 1. The fourth-order valence-electron chi connectivity index (χ4n) is 1.51. The molecular formula is C13H19N3O3. The van der Waals surface area contributed by atoms with Crippen LogP contribution in [0.4, 0.5) is 0 Å². The summed E-state index contributed by atoms with van der Waals surface area (Å²) in [7, 11) is 1.60. The number of pyridine rings is 1. The quantitative estimate of drug-likeness (QED) is 0.577. The molecular weight excluding hydrogens is 246 g/mol. The van der Waals surface area contributed by atoms with Crippen LogP contribution in [0.3, 0.4) is 0 Å². The molecule has 6 nitrogen and oxygen atoms in total. The van der Waals surface area contributed by atoms with Crippen molar-refractivity contribution in [2.24, 2.45) is 5.73 Å². The van der Waals surface area contributed by atoms with Crippen LogP contribution in [0.15, 0.2) is 24.4 Å². The zero-order valence-corrected chi connectivity index (χ0v) is 11.2. The molecule has 0 saturated heterocycles. The average molecular weight is 265 g/mol. The Balaban J connectivity index is 2.46. The molecule has 0 aromatic carbocycles. The smallest absolute Gasteiger partial charge is 0.332 e. The van der Waals surface area contributed by atoms with Crippen LogP contribution in [-0.4, -0.2) is 48.0 Å². The van der Waals surface area contributed by atoms with Gasteiger partial charge < -0.3 is 15.4 Å². The number of carbonyl (C=O) groups is 2. The van der Waals surface area contributed by atoms with Gasteiger partial charge in [-0.2, -0.15) is 0 Å². The van der Waals surface area contributed by atoms with Crippen molar-refractivity contribution >= 4 is 11.9 Å². The number of likely N-dealkylation sites (N-methyl/N-ethyl adjacent to an activating group) is 1. The van der Waals surface area contributed by atoms with Gasteiger partial charge >= 0.3 is 5.97 Å². The van der Waals surface area contributed by atoms with Gasteiger partial charge in [-0.25, -0.2) is 4.79 Å². The summed E-state index contributed by atoms with van der Waals surface area (Å²) in [5, 5.41) is 0. The molecule has 1 aromatic rings. The van der Waals surface area contributed by atoms with E-state index >= 15 is 0 Å². The fraction of sp³-hybridized carbons (Fsp3) is 0.462. The molecule has 0 aliphatic rings. The Morgan fingerprint density at radius 1 is 1.47 bits per heavy atom. The molecule has 1 aromatic heterocycles. The highest BCUT2D eigenvalue weighted by molar-refractivity contribution is 6.01. The lowest BCUT2D eigenvalue weighted by atomic mass is 10.2. The Kier molecular flexibility index (Phi) is 5.95. The van der Waals surface area contributed by atoms with Crippen LogP contribution in [0.25, 0.3) is 0 Å². The minimum atomic E-state index is -1.26. The second kappa shape index (κ2) is 7.48.